The summed E-state index contributed by atoms with van der Waals surface area (Å²) in [7, 11) is 0. The summed E-state index contributed by atoms with van der Waals surface area (Å²) in [5, 5.41) is 5.17. The Morgan fingerprint density at radius 2 is 2.06 bits per heavy atom. The number of alkyl halides is 2. The van der Waals surface area contributed by atoms with E-state index in [-0.39, 0.29) is 24.3 Å². The lowest BCUT2D eigenvalue weighted by Crippen LogP contribution is -2.42. The van der Waals surface area contributed by atoms with Crippen LogP contribution < -0.4 is 16.2 Å². The van der Waals surface area contributed by atoms with Crippen LogP contribution in [-0.2, 0) is 4.79 Å². The molecule has 35 heavy (non-hydrogen) atoms. The largest absolute Gasteiger partial charge is 0.347 e. The second kappa shape index (κ2) is 10.6. The van der Waals surface area contributed by atoms with Crippen molar-refractivity contribution in [3.05, 3.63) is 74.3 Å². The van der Waals surface area contributed by atoms with Crippen molar-refractivity contribution in [2.45, 2.75) is 24.9 Å². The predicted molar refractivity (Wildman–Crippen MR) is 125 cm³/mol. The Balaban J connectivity index is 1.47. The van der Waals surface area contributed by atoms with Crippen molar-refractivity contribution in [1.82, 2.24) is 19.8 Å². The summed E-state index contributed by atoms with van der Waals surface area (Å²) in [6.07, 6.45) is 1.18. The van der Waals surface area contributed by atoms with Crippen LogP contribution in [0.15, 0.2) is 53.7 Å². The maximum absolute atomic E-state index is 14.7. The molecule has 1 saturated heterocycles. The van der Waals surface area contributed by atoms with E-state index >= 15 is 0 Å². The number of anilines is 1. The number of halogens is 4. The molecule has 2 atom stereocenters. The molecule has 13 heteroatoms. The molecule has 3 aromatic rings. The van der Waals surface area contributed by atoms with E-state index in [4.69, 9.17) is 11.6 Å². The molecule has 1 aliphatic rings. The number of carbonyl (C=O) groups excluding carboxylic acids is 2. The van der Waals surface area contributed by atoms with Crippen LogP contribution in [0.1, 0.15) is 16.1 Å². The normalized spacial score (nSPS) is 18.1. The summed E-state index contributed by atoms with van der Waals surface area (Å²) in [5.41, 5.74) is -0.404. The van der Waals surface area contributed by atoms with Gasteiger partial charge in [-0.1, -0.05) is 11.6 Å². The quantitative estimate of drug-likeness (QED) is 0.494. The van der Waals surface area contributed by atoms with Crippen LogP contribution in [0.2, 0.25) is 4.34 Å². The number of nitrogens with one attached hydrogen (secondary N) is 2. The number of carbonyl (C=O) groups is 2. The third-order valence-corrected chi connectivity index (χ3v) is 6.65. The summed E-state index contributed by atoms with van der Waals surface area (Å²) < 4.78 is 42.6. The van der Waals surface area contributed by atoms with Crippen LogP contribution in [-0.4, -0.2) is 57.9 Å². The summed E-state index contributed by atoms with van der Waals surface area (Å²) in [6, 6.07) is 5.32. The molecule has 3 heterocycles. The average Bonchev–Trinajstić information content (AvgIpc) is 3.41. The Bertz CT molecular complexity index is 1300. The van der Waals surface area contributed by atoms with Gasteiger partial charge in [0.1, 0.15) is 5.82 Å². The minimum absolute atomic E-state index is 0.0274. The van der Waals surface area contributed by atoms with Crippen LogP contribution in [0.3, 0.4) is 0 Å². The first-order chi connectivity index (χ1) is 16.7. The fraction of sp³-hybridized carbons (Fsp3) is 0.273. The molecule has 1 aromatic carbocycles. The standard InChI is InChI=1S/C22H19ClF3N5O3S/c23-18-4-3-17(35-18)22(34)28-12-7-16(30(10-12)11-19(25)26)21(33)29-15-2-1-13(8-14(15)24)31-6-5-27-9-20(31)32/h1-6,8-9,12,16,19H,7,10-11H2,(H,28,34)(H,29,33)/t12-,16-/m0/s1. The van der Waals surface area contributed by atoms with Crippen molar-refractivity contribution in [2.24, 2.45) is 0 Å². The molecule has 1 aliphatic heterocycles. The summed E-state index contributed by atoms with van der Waals surface area (Å²) >= 11 is 6.93. The monoisotopic (exact) mass is 525 g/mol. The Kier molecular flexibility index (Phi) is 7.53. The van der Waals surface area contributed by atoms with Gasteiger partial charge in [-0.05, 0) is 30.7 Å². The van der Waals surface area contributed by atoms with Crippen LogP contribution in [0, 0.1) is 5.82 Å². The van der Waals surface area contributed by atoms with Crippen LogP contribution in [0.5, 0.6) is 0 Å². The van der Waals surface area contributed by atoms with Crippen molar-refractivity contribution in [3.63, 3.8) is 0 Å². The number of thiophene rings is 1. The van der Waals surface area contributed by atoms with E-state index in [2.05, 4.69) is 15.6 Å². The van der Waals surface area contributed by atoms with Crippen molar-refractivity contribution < 1.29 is 22.8 Å². The molecule has 0 unspecified atom stereocenters. The zero-order valence-corrected chi connectivity index (χ0v) is 19.5. The number of likely N-dealkylation sites (tertiary alicyclic amines) is 1. The molecular weight excluding hydrogens is 507 g/mol. The smallest absolute Gasteiger partial charge is 0.273 e. The molecule has 2 N–H and O–H groups in total. The van der Waals surface area contributed by atoms with Gasteiger partial charge in [-0.25, -0.2) is 13.2 Å². The minimum Gasteiger partial charge on any atom is -0.347 e. The summed E-state index contributed by atoms with van der Waals surface area (Å²) in [4.78, 5) is 42.5. The first kappa shape index (κ1) is 24.9. The molecule has 0 aliphatic carbocycles. The molecule has 0 saturated carbocycles. The van der Waals surface area contributed by atoms with E-state index in [1.54, 1.807) is 12.1 Å². The highest BCUT2D eigenvalue weighted by Gasteiger charge is 2.39. The van der Waals surface area contributed by atoms with E-state index < -0.39 is 48.2 Å². The minimum atomic E-state index is -2.70. The van der Waals surface area contributed by atoms with Gasteiger partial charge in [-0.15, -0.1) is 11.3 Å². The molecule has 0 radical (unpaired) electrons. The van der Waals surface area contributed by atoms with Gasteiger partial charge in [-0.3, -0.25) is 28.8 Å². The fourth-order valence-corrected chi connectivity index (χ4v) is 4.83. The molecule has 2 aromatic heterocycles. The van der Waals surface area contributed by atoms with Gasteiger partial charge in [0.25, 0.3) is 17.9 Å². The Hall–Kier alpha value is -3.22. The van der Waals surface area contributed by atoms with E-state index in [0.717, 1.165) is 23.6 Å². The van der Waals surface area contributed by atoms with E-state index in [1.807, 2.05) is 0 Å². The number of nitrogens with zero attached hydrogens (tertiary/aromatic N) is 3. The van der Waals surface area contributed by atoms with E-state index in [9.17, 15) is 27.6 Å². The van der Waals surface area contributed by atoms with Gasteiger partial charge in [-0.2, -0.15) is 0 Å². The highest BCUT2D eigenvalue weighted by Crippen LogP contribution is 2.25. The van der Waals surface area contributed by atoms with Crippen molar-refractivity contribution >= 4 is 40.4 Å². The zero-order chi connectivity index (χ0) is 25.1. The lowest BCUT2D eigenvalue weighted by Gasteiger charge is -2.23. The molecular formula is C22H19ClF3N5O3S. The SMILES string of the molecule is O=C(N[C@H]1C[C@@H](C(=O)Nc2ccc(-n3ccncc3=O)cc2F)N(CC(F)F)C1)c1ccc(Cl)s1. The molecule has 1 fully saturated rings. The van der Waals surface area contributed by atoms with Crippen LogP contribution >= 0.6 is 22.9 Å². The van der Waals surface area contributed by atoms with Gasteiger partial charge in [0, 0.05) is 31.0 Å². The molecule has 2 amide bonds. The van der Waals surface area contributed by atoms with Gasteiger partial charge in [0.05, 0.1) is 39.4 Å². The highest BCUT2D eigenvalue weighted by molar-refractivity contribution is 7.18. The van der Waals surface area contributed by atoms with Gasteiger partial charge in [0.2, 0.25) is 5.91 Å². The fourth-order valence-electron chi connectivity index (χ4n) is 3.88. The van der Waals surface area contributed by atoms with Crippen LogP contribution in [0.25, 0.3) is 5.69 Å². The van der Waals surface area contributed by atoms with Gasteiger partial charge < -0.3 is 10.6 Å². The maximum atomic E-state index is 14.7. The zero-order valence-electron chi connectivity index (χ0n) is 18.0. The first-order valence-corrected chi connectivity index (χ1v) is 11.6. The van der Waals surface area contributed by atoms with E-state index in [1.165, 1.54) is 34.0 Å². The van der Waals surface area contributed by atoms with Crippen molar-refractivity contribution in [3.8, 4) is 5.69 Å². The number of rotatable bonds is 7. The van der Waals surface area contributed by atoms with Crippen molar-refractivity contribution in [1.29, 1.82) is 0 Å². The average molecular weight is 526 g/mol. The lowest BCUT2D eigenvalue weighted by molar-refractivity contribution is -0.120. The van der Waals surface area contributed by atoms with E-state index in [0.29, 0.717) is 9.21 Å². The lowest BCUT2D eigenvalue weighted by atomic mass is 10.1. The number of benzene rings is 1. The second-order valence-electron chi connectivity index (χ2n) is 7.81. The molecule has 4 rings (SSSR count). The number of hydrogen-bond donors (Lipinski definition) is 2. The number of hydrogen-bond acceptors (Lipinski definition) is 6. The molecule has 184 valence electrons. The third-order valence-electron chi connectivity index (χ3n) is 5.42. The summed E-state index contributed by atoms with van der Waals surface area (Å²) in [6.45, 7) is -0.651. The highest BCUT2D eigenvalue weighted by atomic mass is 35.5. The Morgan fingerprint density at radius 3 is 2.71 bits per heavy atom. The van der Waals surface area contributed by atoms with Crippen molar-refractivity contribution in [2.75, 3.05) is 18.4 Å². The topological polar surface area (TPSA) is 96.3 Å². The van der Waals surface area contributed by atoms with Gasteiger partial charge in [0.15, 0.2) is 0 Å². The predicted octanol–water partition coefficient (Wildman–Crippen LogP) is 3.16. The summed E-state index contributed by atoms with van der Waals surface area (Å²) in [5.74, 6) is -1.91. The second-order valence-corrected chi connectivity index (χ2v) is 9.52. The van der Waals surface area contributed by atoms with Gasteiger partial charge >= 0.3 is 0 Å². The van der Waals surface area contributed by atoms with Crippen LogP contribution in [0.4, 0.5) is 18.9 Å². The third kappa shape index (κ3) is 5.89. The maximum Gasteiger partial charge on any atom is 0.273 e. The molecule has 0 bridgehead atoms. The Morgan fingerprint density at radius 1 is 1.26 bits per heavy atom. The first-order valence-electron chi connectivity index (χ1n) is 10.4. The number of amides is 2. The Labute approximate surface area is 206 Å². The molecule has 0 spiro atoms. The molecule has 8 nitrogen and oxygen atoms in total. The number of aromatic nitrogens is 2.